The minimum absolute atomic E-state index is 0.595. The smallest absolute Gasteiger partial charge is 0.162 e. The van der Waals surface area contributed by atoms with Crippen molar-refractivity contribution < 1.29 is 0 Å². The van der Waals surface area contributed by atoms with Gasteiger partial charge in [-0.05, 0) is 43.3 Å². The van der Waals surface area contributed by atoms with Crippen LogP contribution in [0, 0.1) is 18.3 Å². The highest BCUT2D eigenvalue weighted by atomic mass is 15.2. The van der Waals surface area contributed by atoms with Gasteiger partial charge < -0.3 is 5.32 Å². The molecule has 0 bridgehead atoms. The predicted octanol–water partition coefficient (Wildman–Crippen LogP) is 3.94. The molecule has 2 N–H and O–H groups in total. The van der Waals surface area contributed by atoms with Crippen molar-refractivity contribution in [3.05, 3.63) is 65.9 Å². The van der Waals surface area contributed by atoms with Crippen LogP contribution in [0.4, 0.5) is 11.6 Å². The lowest BCUT2D eigenvalue weighted by atomic mass is 10.1. The number of hydrogen-bond donors (Lipinski definition) is 2. The van der Waals surface area contributed by atoms with E-state index in [1.165, 1.54) is 0 Å². The summed E-state index contributed by atoms with van der Waals surface area (Å²) in [5.41, 5.74) is 3.26. The zero-order valence-corrected chi connectivity index (χ0v) is 13.5. The van der Waals surface area contributed by atoms with Crippen molar-refractivity contribution in [1.29, 1.82) is 5.26 Å². The summed E-state index contributed by atoms with van der Waals surface area (Å²) >= 11 is 0. The van der Waals surface area contributed by atoms with Crippen LogP contribution in [0.15, 0.2) is 54.6 Å². The first-order valence-electron chi connectivity index (χ1n) is 7.79. The molecular formula is C19H14N6. The molecule has 120 valence electrons. The Hall–Kier alpha value is -3.72. The van der Waals surface area contributed by atoms with Gasteiger partial charge in [-0.3, -0.25) is 5.10 Å². The van der Waals surface area contributed by atoms with E-state index in [0.717, 1.165) is 22.2 Å². The number of aromatic nitrogens is 4. The summed E-state index contributed by atoms with van der Waals surface area (Å²) in [7, 11) is 0. The third-order valence-corrected chi connectivity index (χ3v) is 3.83. The second-order valence-corrected chi connectivity index (χ2v) is 5.66. The average molecular weight is 326 g/mol. The molecule has 0 radical (unpaired) electrons. The first kappa shape index (κ1) is 14.8. The Kier molecular flexibility index (Phi) is 3.60. The normalized spacial score (nSPS) is 10.6. The van der Waals surface area contributed by atoms with Crippen LogP contribution in [0.25, 0.3) is 22.3 Å². The van der Waals surface area contributed by atoms with E-state index in [1.54, 1.807) is 12.1 Å². The van der Waals surface area contributed by atoms with Crippen LogP contribution in [0.5, 0.6) is 0 Å². The largest absolute Gasteiger partial charge is 0.323 e. The molecule has 2 heterocycles. The van der Waals surface area contributed by atoms with Crippen molar-refractivity contribution in [2.24, 2.45) is 0 Å². The fourth-order valence-corrected chi connectivity index (χ4v) is 2.60. The third-order valence-electron chi connectivity index (χ3n) is 3.83. The van der Waals surface area contributed by atoms with Crippen LogP contribution in [0.2, 0.25) is 0 Å². The zero-order valence-electron chi connectivity index (χ0n) is 13.5. The van der Waals surface area contributed by atoms with Crippen molar-refractivity contribution in [2.45, 2.75) is 6.92 Å². The average Bonchev–Trinajstić information content (AvgIpc) is 3.06. The lowest BCUT2D eigenvalue weighted by molar-refractivity contribution is 1.05. The Bertz CT molecular complexity index is 1090. The molecule has 0 spiro atoms. The molecule has 6 heteroatoms. The Morgan fingerprint density at radius 1 is 1.04 bits per heavy atom. The third kappa shape index (κ3) is 2.91. The summed E-state index contributed by atoms with van der Waals surface area (Å²) in [6.07, 6.45) is 0. The highest BCUT2D eigenvalue weighted by molar-refractivity contribution is 5.91. The lowest BCUT2D eigenvalue weighted by Gasteiger charge is -2.09. The number of hydrogen-bond acceptors (Lipinski definition) is 5. The Labute approximate surface area is 144 Å². The summed E-state index contributed by atoms with van der Waals surface area (Å²) in [5, 5.41) is 20.2. The number of nitriles is 1. The summed E-state index contributed by atoms with van der Waals surface area (Å²) in [6, 6.07) is 19.1. The van der Waals surface area contributed by atoms with Crippen molar-refractivity contribution in [1.82, 2.24) is 20.2 Å². The van der Waals surface area contributed by atoms with E-state index in [1.807, 2.05) is 49.4 Å². The van der Waals surface area contributed by atoms with E-state index in [2.05, 4.69) is 31.6 Å². The molecule has 4 rings (SSSR count). The molecule has 4 aromatic rings. The topological polar surface area (TPSA) is 90.3 Å². The van der Waals surface area contributed by atoms with Gasteiger partial charge in [-0.25, -0.2) is 9.97 Å². The molecule has 0 amide bonds. The van der Waals surface area contributed by atoms with Gasteiger partial charge in [0.25, 0.3) is 0 Å². The number of nitrogens with one attached hydrogen (secondary N) is 2. The maximum Gasteiger partial charge on any atom is 0.162 e. The van der Waals surface area contributed by atoms with Gasteiger partial charge in [-0.1, -0.05) is 12.1 Å². The number of aromatic amines is 1. The monoisotopic (exact) mass is 326 g/mol. The highest BCUT2D eigenvalue weighted by Gasteiger charge is 2.10. The molecule has 0 aliphatic heterocycles. The quantitative estimate of drug-likeness (QED) is 0.595. The van der Waals surface area contributed by atoms with Gasteiger partial charge in [0.15, 0.2) is 11.6 Å². The minimum Gasteiger partial charge on any atom is -0.323 e. The molecule has 0 saturated carbocycles. The summed E-state index contributed by atoms with van der Waals surface area (Å²) in [4.78, 5) is 9.32. The molecule has 2 aromatic heterocycles. The fourth-order valence-electron chi connectivity index (χ4n) is 2.60. The number of benzene rings is 2. The molecule has 6 nitrogen and oxygen atoms in total. The number of anilines is 2. The van der Waals surface area contributed by atoms with Crippen molar-refractivity contribution in [2.75, 3.05) is 5.32 Å². The van der Waals surface area contributed by atoms with Crippen LogP contribution in [0.1, 0.15) is 11.3 Å². The lowest BCUT2D eigenvalue weighted by Crippen LogP contribution is -1.99. The minimum atomic E-state index is 0.595. The number of nitrogens with zero attached hydrogens (tertiary/aromatic N) is 4. The van der Waals surface area contributed by atoms with Gasteiger partial charge in [0, 0.05) is 22.7 Å². The highest BCUT2D eigenvalue weighted by Crippen LogP contribution is 2.27. The zero-order chi connectivity index (χ0) is 17.2. The molecule has 0 unspecified atom stereocenters. The molecule has 25 heavy (non-hydrogen) atoms. The molecule has 0 aliphatic rings. The van der Waals surface area contributed by atoms with E-state index < -0.39 is 0 Å². The summed E-state index contributed by atoms with van der Waals surface area (Å²) in [6.45, 7) is 1.94. The first-order valence-corrected chi connectivity index (χ1v) is 7.79. The van der Waals surface area contributed by atoms with E-state index in [0.29, 0.717) is 23.0 Å². The SMILES string of the molecule is Cc1cc(Nc2nc(-c3ccc(C#N)cc3)nc3ccccc23)n[nH]1. The Morgan fingerprint density at radius 2 is 1.84 bits per heavy atom. The van der Waals surface area contributed by atoms with Crippen LogP contribution in [0.3, 0.4) is 0 Å². The van der Waals surface area contributed by atoms with Gasteiger partial charge in [0.05, 0.1) is 17.1 Å². The predicted molar refractivity (Wildman–Crippen MR) is 96.3 cm³/mol. The van der Waals surface area contributed by atoms with Crippen molar-refractivity contribution in [3.8, 4) is 17.5 Å². The van der Waals surface area contributed by atoms with Gasteiger partial charge >= 0.3 is 0 Å². The van der Waals surface area contributed by atoms with Gasteiger partial charge in [-0.2, -0.15) is 10.4 Å². The van der Waals surface area contributed by atoms with E-state index in [4.69, 9.17) is 5.26 Å². The van der Waals surface area contributed by atoms with E-state index >= 15 is 0 Å². The van der Waals surface area contributed by atoms with Gasteiger partial charge in [0.2, 0.25) is 0 Å². The molecule has 0 aliphatic carbocycles. The van der Waals surface area contributed by atoms with Crippen molar-refractivity contribution in [3.63, 3.8) is 0 Å². The second kappa shape index (κ2) is 6.06. The maximum absolute atomic E-state index is 8.95. The molecule has 0 fully saturated rings. The van der Waals surface area contributed by atoms with Gasteiger partial charge in [-0.15, -0.1) is 0 Å². The second-order valence-electron chi connectivity index (χ2n) is 5.66. The van der Waals surface area contributed by atoms with Crippen molar-refractivity contribution >= 4 is 22.5 Å². The molecule has 0 atom stereocenters. The number of para-hydroxylation sites is 1. The van der Waals surface area contributed by atoms with Crippen LogP contribution in [-0.4, -0.2) is 20.2 Å². The number of H-pyrrole nitrogens is 1. The van der Waals surface area contributed by atoms with E-state index in [-0.39, 0.29) is 0 Å². The molecule has 0 saturated heterocycles. The number of fused-ring (bicyclic) bond motifs is 1. The Balaban J connectivity index is 1.84. The molecular weight excluding hydrogens is 312 g/mol. The van der Waals surface area contributed by atoms with Gasteiger partial charge in [0.1, 0.15) is 5.82 Å². The first-order chi connectivity index (χ1) is 12.2. The Morgan fingerprint density at radius 3 is 2.56 bits per heavy atom. The number of rotatable bonds is 3. The van der Waals surface area contributed by atoms with Crippen LogP contribution in [-0.2, 0) is 0 Å². The van der Waals surface area contributed by atoms with E-state index in [9.17, 15) is 0 Å². The summed E-state index contributed by atoms with van der Waals surface area (Å²) in [5.74, 6) is 1.99. The van der Waals surface area contributed by atoms with Crippen LogP contribution >= 0.6 is 0 Å². The summed E-state index contributed by atoms with van der Waals surface area (Å²) < 4.78 is 0. The fraction of sp³-hybridized carbons (Fsp3) is 0.0526. The maximum atomic E-state index is 8.95. The molecule has 2 aromatic carbocycles. The standard InChI is InChI=1S/C19H14N6/c1-12-10-17(25-24-12)22-19-15-4-2-3-5-16(15)21-18(23-19)14-8-6-13(11-20)7-9-14/h2-10H,1H3,(H2,21,22,23,24,25). The number of aryl methyl sites for hydroxylation is 1. The van der Waals surface area contributed by atoms with Crippen LogP contribution < -0.4 is 5.32 Å².